The number of hydrogen-bond acceptors (Lipinski definition) is 2. The summed E-state index contributed by atoms with van der Waals surface area (Å²) < 4.78 is 0. The van der Waals surface area contributed by atoms with Gasteiger partial charge in [0, 0.05) is 24.8 Å². The quantitative estimate of drug-likeness (QED) is 0.643. The van der Waals surface area contributed by atoms with Crippen molar-refractivity contribution >= 4 is 23.0 Å². The Hall–Kier alpha value is -1.13. The molecule has 0 aliphatic carbocycles. The molecule has 0 amide bonds. The molecule has 0 bridgehead atoms. The van der Waals surface area contributed by atoms with E-state index in [0.29, 0.717) is 5.11 Å². The number of likely N-dealkylation sites (tertiary alicyclic amines) is 1. The maximum absolute atomic E-state index is 5.34. The highest BCUT2D eigenvalue weighted by Crippen LogP contribution is 2.16. The summed E-state index contributed by atoms with van der Waals surface area (Å²) in [5.41, 5.74) is 2.29. The second-order valence-electron chi connectivity index (χ2n) is 5.98. The van der Waals surface area contributed by atoms with Crippen molar-refractivity contribution in [3.8, 4) is 0 Å². The standard InChI is InChI=1S/C17H27N3S/c1-14-7-5-9-16(13-14)19-17(21)18-10-6-12-20-11-4-3-8-15(20)2/h5,7,9,13,15H,3-4,6,8,10-12H2,1-2H3,(H2,18,19,21)/t15-/m1/s1. The molecule has 1 aromatic carbocycles. The van der Waals surface area contributed by atoms with Crippen LogP contribution in [-0.4, -0.2) is 35.7 Å². The fraction of sp³-hybridized carbons (Fsp3) is 0.588. The summed E-state index contributed by atoms with van der Waals surface area (Å²) in [6, 6.07) is 9.01. The van der Waals surface area contributed by atoms with Gasteiger partial charge < -0.3 is 15.5 Å². The van der Waals surface area contributed by atoms with Crippen LogP contribution in [0.1, 0.15) is 38.2 Å². The monoisotopic (exact) mass is 305 g/mol. The molecule has 0 spiro atoms. The third-order valence-electron chi connectivity index (χ3n) is 4.12. The minimum absolute atomic E-state index is 0.715. The third-order valence-corrected chi connectivity index (χ3v) is 4.37. The molecule has 0 aromatic heterocycles. The molecular formula is C17H27N3S. The van der Waals surface area contributed by atoms with Crippen LogP contribution in [0.25, 0.3) is 0 Å². The third kappa shape index (κ3) is 5.64. The topological polar surface area (TPSA) is 27.3 Å². The minimum Gasteiger partial charge on any atom is -0.362 e. The van der Waals surface area contributed by atoms with Crippen LogP contribution >= 0.6 is 12.2 Å². The molecule has 116 valence electrons. The molecule has 2 rings (SSSR count). The molecule has 4 heteroatoms. The zero-order valence-corrected chi connectivity index (χ0v) is 14.0. The summed E-state index contributed by atoms with van der Waals surface area (Å²) in [6.07, 6.45) is 5.23. The van der Waals surface area contributed by atoms with Gasteiger partial charge in [0.15, 0.2) is 5.11 Å². The van der Waals surface area contributed by atoms with Gasteiger partial charge in [-0.15, -0.1) is 0 Å². The lowest BCUT2D eigenvalue weighted by Crippen LogP contribution is -2.39. The Kier molecular flexibility index (Phi) is 6.46. The molecule has 1 aromatic rings. The number of nitrogens with zero attached hydrogens (tertiary/aromatic N) is 1. The number of hydrogen-bond donors (Lipinski definition) is 2. The minimum atomic E-state index is 0.715. The van der Waals surface area contributed by atoms with Crippen LogP contribution in [0.5, 0.6) is 0 Å². The summed E-state index contributed by atoms with van der Waals surface area (Å²) >= 11 is 5.34. The predicted molar refractivity (Wildman–Crippen MR) is 94.9 cm³/mol. The van der Waals surface area contributed by atoms with E-state index in [2.05, 4.69) is 41.5 Å². The fourth-order valence-corrected chi connectivity index (χ4v) is 3.09. The van der Waals surface area contributed by atoms with Gasteiger partial charge in [-0.05, 0) is 69.6 Å². The maximum atomic E-state index is 5.34. The average Bonchev–Trinajstić information content (AvgIpc) is 2.45. The van der Waals surface area contributed by atoms with Gasteiger partial charge in [-0.1, -0.05) is 18.6 Å². The van der Waals surface area contributed by atoms with Gasteiger partial charge in [-0.3, -0.25) is 0 Å². The summed E-state index contributed by atoms with van der Waals surface area (Å²) in [5.74, 6) is 0. The van der Waals surface area contributed by atoms with Crippen LogP contribution in [0, 0.1) is 6.92 Å². The van der Waals surface area contributed by atoms with Crippen LogP contribution in [-0.2, 0) is 0 Å². The molecule has 1 aliphatic heterocycles. The van der Waals surface area contributed by atoms with Gasteiger partial charge in [0.2, 0.25) is 0 Å². The number of benzene rings is 1. The zero-order valence-electron chi connectivity index (χ0n) is 13.2. The number of aryl methyl sites for hydroxylation is 1. The molecule has 1 fully saturated rings. The lowest BCUT2D eigenvalue weighted by Gasteiger charge is -2.33. The van der Waals surface area contributed by atoms with Crippen LogP contribution in [0.2, 0.25) is 0 Å². The van der Waals surface area contributed by atoms with Crippen LogP contribution in [0.15, 0.2) is 24.3 Å². The molecule has 1 saturated heterocycles. The lowest BCUT2D eigenvalue weighted by molar-refractivity contribution is 0.159. The number of rotatable bonds is 5. The molecule has 0 saturated carbocycles. The SMILES string of the molecule is Cc1cccc(NC(=S)NCCCN2CCCC[C@H]2C)c1. The Morgan fingerprint density at radius 3 is 3.00 bits per heavy atom. The van der Waals surface area contributed by atoms with Crippen LogP contribution in [0.4, 0.5) is 5.69 Å². The van der Waals surface area contributed by atoms with E-state index in [0.717, 1.165) is 24.7 Å². The number of nitrogens with one attached hydrogen (secondary N) is 2. The molecule has 0 radical (unpaired) electrons. The Balaban J connectivity index is 1.63. The zero-order chi connectivity index (χ0) is 15.1. The Morgan fingerprint density at radius 2 is 2.24 bits per heavy atom. The largest absolute Gasteiger partial charge is 0.362 e. The second-order valence-corrected chi connectivity index (χ2v) is 6.39. The molecule has 2 N–H and O–H groups in total. The molecule has 1 aliphatic rings. The summed E-state index contributed by atoms with van der Waals surface area (Å²) in [4.78, 5) is 2.60. The van der Waals surface area contributed by atoms with Crippen molar-refractivity contribution in [2.24, 2.45) is 0 Å². The average molecular weight is 305 g/mol. The van der Waals surface area contributed by atoms with E-state index in [1.54, 1.807) is 0 Å². The smallest absolute Gasteiger partial charge is 0.170 e. The second kappa shape index (κ2) is 8.35. The van der Waals surface area contributed by atoms with Gasteiger partial charge in [-0.25, -0.2) is 0 Å². The molecule has 1 heterocycles. The van der Waals surface area contributed by atoms with E-state index in [9.17, 15) is 0 Å². The van der Waals surface area contributed by atoms with E-state index in [-0.39, 0.29) is 0 Å². The Morgan fingerprint density at radius 1 is 1.38 bits per heavy atom. The highest BCUT2D eigenvalue weighted by atomic mass is 32.1. The van der Waals surface area contributed by atoms with E-state index in [1.807, 2.05) is 12.1 Å². The molecule has 21 heavy (non-hydrogen) atoms. The predicted octanol–water partition coefficient (Wildman–Crippen LogP) is 3.55. The van der Waals surface area contributed by atoms with Gasteiger partial charge in [0.25, 0.3) is 0 Å². The molecule has 3 nitrogen and oxygen atoms in total. The van der Waals surface area contributed by atoms with Crippen molar-refractivity contribution in [1.82, 2.24) is 10.2 Å². The Labute approximate surface area is 134 Å². The highest BCUT2D eigenvalue weighted by Gasteiger charge is 2.16. The summed E-state index contributed by atoms with van der Waals surface area (Å²) in [6.45, 7) is 7.78. The van der Waals surface area contributed by atoms with Gasteiger partial charge in [0.05, 0.1) is 0 Å². The fourth-order valence-electron chi connectivity index (χ4n) is 2.87. The number of anilines is 1. The molecular weight excluding hydrogens is 278 g/mol. The van der Waals surface area contributed by atoms with Crippen molar-refractivity contribution in [3.05, 3.63) is 29.8 Å². The van der Waals surface area contributed by atoms with Crippen molar-refractivity contribution in [3.63, 3.8) is 0 Å². The lowest BCUT2D eigenvalue weighted by atomic mass is 10.0. The van der Waals surface area contributed by atoms with Gasteiger partial charge in [0.1, 0.15) is 0 Å². The van der Waals surface area contributed by atoms with Gasteiger partial charge in [-0.2, -0.15) is 0 Å². The normalized spacial score (nSPS) is 19.2. The number of piperidine rings is 1. The first-order valence-corrected chi connectivity index (χ1v) is 8.41. The molecule has 1 atom stereocenters. The van der Waals surface area contributed by atoms with Gasteiger partial charge >= 0.3 is 0 Å². The van der Waals surface area contributed by atoms with Crippen LogP contribution in [0.3, 0.4) is 0 Å². The van der Waals surface area contributed by atoms with E-state index < -0.39 is 0 Å². The van der Waals surface area contributed by atoms with E-state index >= 15 is 0 Å². The first-order valence-electron chi connectivity index (χ1n) is 8.01. The molecule has 0 unspecified atom stereocenters. The van der Waals surface area contributed by atoms with Crippen molar-refractivity contribution in [2.45, 2.75) is 45.6 Å². The summed E-state index contributed by atoms with van der Waals surface area (Å²) in [5, 5.41) is 7.25. The Bertz CT molecular complexity index is 461. The van der Waals surface area contributed by atoms with Crippen molar-refractivity contribution < 1.29 is 0 Å². The number of thiocarbonyl (C=S) groups is 1. The summed E-state index contributed by atoms with van der Waals surface area (Å²) in [7, 11) is 0. The van der Waals surface area contributed by atoms with Crippen molar-refractivity contribution in [2.75, 3.05) is 25.0 Å². The van der Waals surface area contributed by atoms with Crippen LogP contribution < -0.4 is 10.6 Å². The maximum Gasteiger partial charge on any atom is 0.170 e. The van der Waals surface area contributed by atoms with E-state index in [4.69, 9.17) is 12.2 Å². The van der Waals surface area contributed by atoms with Crippen molar-refractivity contribution in [1.29, 1.82) is 0 Å². The highest BCUT2D eigenvalue weighted by molar-refractivity contribution is 7.80. The first kappa shape index (κ1) is 16.2. The first-order chi connectivity index (χ1) is 10.1. The van der Waals surface area contributed by atoms with E-state index in [1.165, 1.54) is 37.9 Å².